The van der Waals surface area contributed by atoms with Crippen molar-refractivity contribution in [3.63, 3.8) is 0 Å². The fraction of sp³-hybridized carbons (Fsp3) is 0.389. The Labute approximate surface area is 139 Å². The van der Waals surface area contributed by atoms with Gasteiger partial charge in [0.2, 0.25) is 0 Å². The molecule has 1 aliphatic rings. The molecule has 1 aliphatic heterocycles. The van der Waals surface area contributed by atoms with E-state index in [4.69, 9.17) is 4.74 Å². The largest absolute Gasteiger partial charge is 0.483 e. The summed E-state index contributed by atoms with van der Waals surface area (Å²) in [6.45, 7) is 4.00. The summed E-state index contributed by atoms with van der Waals surface area (Å²) in [5.74, 6) is 1.38. The van der Waals surface area contributed by atoms with E-state index in [1.54, 1.807) is 0 Å². The Kier molecular flexibility index (Phi) is 4.67. The minimum absolute atomic E-state index is 0.0756. The Morgan fingerprint density at radius 1 is 1.32 bits per heavy atom. The van der Waals surface area contributed by atoms with Crippen molar-refractivity contribution in [2.75, 3.05) is 19.7 Å². The van der Waals surface area contributed by atoms with E-state index in [9.17, 15) is 4.79 Å². The van der Waals surface area contributed by atoms with Crippen molar-refractivity contribution >= 4 is 32.6 Å². The van der Waals surface area contributed by atoms with Crippen LogP contribution in [0.2, 0.25) is 0 Å². The molecule has 2 aromatic carbocycles. The number of piperidine rings is 1. The van der Waals surface area contributed by atoms with E-state index in [1.807, 2.05) is 35.2 Å². The fourth-order valence-electron chi connectivity index (χ4n) is 2.97. The molecule has 4 heteroatoms. The smallest absolute Gasteiger partial charge is 0.260 e. The summed E-state index contributed by atoms with van der Waals surface area (Å²) in [6.07, 6.45) is 2.30. The molecule has 0 aromatic heterocycles. The zero-order chi connectivity index (χ0) is 15.5. The molecular formula is C18H20BrNO2. The molecule has 2 aromatic rings. The molecule has 1 atom stereocenters. The normalized spacial score (nSPS) is 18.5. The highest BCUT2D eigenvalue weighted by Crippen LogP contribution is 2.33. The van der Waals surface area contributed by atoms with Crippen LogP contribution < -0.4 is 4.74 Å². The minimum atomic E-state index is 0.0756. The molecule has 0 bridgehead atoms. The van der Waals surface area contributed by atoms with Gasteiger partial charge in [0.25, 0.3) is 5.91 Å². The van der Waals surface area contributed by atoms with E-state index >= 15 is 0 Å². The van der Waals surface area contributed by atoms with Gasteiger partial charge in [-0.2, -0.15) is 0 Å². The van der Waals surface area contributed by atoms with E-state index < -0.39 is 0 Å². The van der Waals surface area contributed by atoms with E-state index in [1.165, 1.54) is 6.42 Å². The molecule has 22 heavy (non-hydrogen) atoms. The molecule has 1 fully saturated rings. The van der Waals surface area contributed by atoms with E-state index in [-0.39, 0.29) is 12.5 Å². The molecule has 0 aliphatic carbocycles. The summed E-state index contributed by atoms with van der Waals surface area (Å²) in [7, 11) is 0. The maximum Gasteiger partial charge on any atom is 0.260 e. The lowest BCUT2D eigenvalue weighted by Gasteiger charge is -2.30. The third kappa shape index (κ3) is 3.27. The van der Waals surface area contributed by atoms with Crippen molar-refractivity contribution < 1.29 is 9.53 Å². The van der Waals surface area contributed by atoms with Gasteiger partial charge in [0.1, 0.15) is 5.75 Å². The predicted octanol–water partition coefficient (Wildman–Crippen LogP) is 4.24. The van der Waals surface area contributed by atoms with Gasteiger partial charge in [-0.15, -0.1) is 0 Å². The second-order valence-electron chi connectivity index (χ2n) is 5.97. The summed E-state index contributed by atoms with van der Waals surface area (Å²) >= 11 is 3.59. The minimum Gasteiger partial charge on any atom is -0.483 e. The molecular weight excluding hydrogens is 342 g/mol. The highest BCUT2D eigenvalue weighted by molar-refractivity contribution is 9.10. The highest BCUT2D eigenvalue weighted by atomic mass is 79.9. The number of halogens is 1. The van der Waals surface area contributed by atoms with Crippen molar-refractivity contribution in [3.8, 4) is 5.75 Å². The number of rotatable bonds is 3. The van der Waals surface area contributed by atoms with Gasteiger partial charge in [-0.1, -0.05) is 37.3 Å². The number of hydrogen-bond donors (Lipinski definition) is 0. The number of benzene rings is 2. The number of amides is 1. The first-order valence-electron chi connectivity index (χ1n) is 7.73. The molecule has 116 valence electrons. The quantitative estimate of drug-likeness (QED) is 0.818. The van der Waals surface area contributed by atoms with Crippen molar-refractivity contribution in [2.45, 2.75) is 19.8 Å². The summed E-state index contributed by atoms with van der Waals surface area (Å²) in [6, 6.07) is 12.0. The van der Waals surface area contributed by atoms with Crippen LogP contribution >= 0.6 is 15.9 Å². The predicted molar refractivity (Wildman–Crippen MR) is 92.1 cm³/mol. The van der Waals surface area contributed by atoms with Gasteiger partial charge in [0.05, 0.1) is 4.47 Å². The molecule has 1 amide bonds. The van der Waals surface area contributed by atoms with Crippen LogP contribution in [0.1, 0.15) is 19.8 Å². The lowest BCUT2D eigenvalue weighted by atomic mass is 10.0. The van der Waals surface area contributed by atoms with Gasteiger partial charge >= 0.3 is 0 Å². The number of hydrogen-bond acceptors (Lipinski definition) is 2. The Morgan fingerprint density at radius 2 is 2.14 bits per heavy atom. The summed E-state index contributed by atoms with van der Waals surface area (Å²) < 4.78 is 6.66. The van der Waals surface area contributed by atoms with E-state index in [2.05, 4.69) is 28.9 Å². The van der Waals surface area contributed by atoms with E-state index in [0.717, 1.165) is 40.5 Å². The van der Waals surface area contributed by atoms with Gasteiger partial charge < -0.3 is 9.64 Å². The van der Waals surface area contributed by atoms with Gasteiger partial charge in [-0.3, -0.25) is 4.79 Å². The average molecular weight is 362 g/mol. The highest BCUT2D eigenvalue weighted by Gasteiger charge is 2.21. The number of ether oxygens (including phenoxy) is 1. The van der Waals surface area contributed by atoms with Crippen LogP contribution in [0.3, 0.4) is 0 Å². The molecule has 1 saturated heterocycles. The Morgan fingerprint density at radius 3 is 2.95 bits per heavy atom. The fourth-order valence-corrected chi connectivity index (χ4v) is 3.58. The molecule has 3 rings (SSSR count). The first-order chi connectivity index (χ1) is 10.6. The lowest BCUT2D eigenvalue weighted by Crippen LogP contribution is -2.41. The second-order valence-corrected chi connectivity index (χ2v) is 6.77. The number of carbonyl (C=O) groups excluding carboxylic acids is 1. The first kappa shape index (κ1) is 15.3. The van der Waals surface area contributed by atoms with Crippen LogP contribution in [0.15, 0.2) is 40.9 Å². The zero-order valence-corrected chi connectivity index (χ0v) is 14.3. The Balaban J connectivity index is 1.68. The van der Waals surface area contributed by atoms with Crippen LogP contribution in [0.25, 0.3) is 10.8 Å². The van der Waals surface area contributed by atoms with Crippen molar-refractivity contribution in [1.82, 2.24) is 4.90 Å². The first-order valence-corrected chi connectivity index (χ1v) is 8.52. The molecule has 0 radical (unpaired) electrons. The third-order valence-electron chi connectivity index (χ3n) is 4.19. The summed E-state index contributed by atoms with van der Waals surface area (Å²) in [5, 5.41) is 2.25. The van der Waals surface area contributed by atoms with Gasteiger partial charge in [0, 0.05) is 13.1 Å². The van der Waals surface area contributed by atoms with Crippen LogP contribution in [0, 0.1) is 5.92 Å². The van der Waals surface area contributed by atoms with Crippen LogP contribution in [-0.4, -0.2) is 30.5 Å². The number of fused-ring (bicyclic) bond motifs is 1. The number of likely N-dealkylation sites (tertiary alicyclic amines) is 1. The van der Waals surface area contributed by atoms with Crippen LogP contribution in [0.4, 0.5) is 0 Å². The monoisotopic (exact) mass is 361 g/mol. The zero-order valence-electron chi connectivity index (χ0n) is 12.7. The van der Waals surface area contributed by atoms with Gasteiger partial charge in [-0.05, 0) is 51.5 Å². The standard InChI is InChI=1S/C18H20BrNO2/c1-13-5-4-10-20(11-13)17(21)12-22-16-9-8-14-6-2-3-7-15(14)18(16)19/h2-3,6-9,13H,4-5,10-12H2,1H3. The molecule has 0 N–H and O–H groups in total. The number of carbonyl (C=O) groups is 1. The Bertz CT molecular complexity index is 686. The Hall–Kier alpha value is -1.55. The van der Waals surface area contributed by atoms with Crippen molar-refractivity contribution in [1.29, 1.82) is 0 Å². The molecule has 1 unspecified atom stereocenters. The van der Waals surface area contributed by atoms with Crippen LogP contribution in [0.5, 0.6) is 5.75 Å². The lowest BCUT2D eigenvalue weighted by molar-refractivity contribution is -0.135. The van der Waals surface area contributed by atoms with E-state index in [0.29, 0.717) is 5.92 Å². The van der Waals surface area contributed by atoms with Crippen LogP contribution in [-0.2, 0) is 4.79 Å². The van der Waals surface area contributed by atoms with Crippen molar-refractivity contribution in [2.24, 2.45) is 5.92 Å². The topological polar surface area (TPSA) is 29.5 Å². The van der Waals surface area contributed by atoms with Crippen molar-refractivity contribution in [3.05, 3.63) is 40.9 Å². The van der Waals surface area contributed by atoms with Gasteiger partial charge in [-0.25, -0.2) is 0 Å². The number of nitrogens with zero attached hydrogens (tertiary/aromatic N) is 1. The molecule has 0 spiro atoms. The molecule has 0 saturated carbocycles. The average Bonchev–Trinajstić information content (AvgIpc) is 2.54. The summed E-state index contributed by atoms with van der Waals surface area (Å²) in [4.78, 5) is 14.2. The second kappa shape index (κ2) is 6.69. The third-order valence-corrected chi connectivity index (χ3v) is 5.01. The molecule has 3 nitrogen and oxygen atoms in total. The summed E-state index contributed by atoms with van der Waals surface area (Å²) in [5.41, 5.74) is 0. The molecule has 1 heterocycles. The maximum atomic E-state index is 12.3. The van der Waals surface area contributed by atoms with Gasteiger partial charge in [0.15, 0.2) is 6.61 Å². The SMILES string of the molecule is CC1CCCN(C(=O)COc2ccc3ccccc3c2Br)C1. The maximum absolute atomic E-state index is 12.3.